The second-order valence-corrected chi connectivity index (χ2v) is 5.92. The summed E-state index contributed by atoms with van der Waals surface area (Å²) in [5.41, 5.74) is 1.90. The number of nitrogens with zero attached hydrogens (tertiary/aromatic N) is 2. The van der Waals surface area contributed by atoms with Gasteiger partial charge in [-0.05, 0) is 37.2 Å². The molecule has 0 saturated heterocycles. The van der Waals surface area contributed by atoms with E-state index in [0.29, 0.717) is 12.1 Å². The van der Waals surface area contributed by atoms with Gasteiger partial charge in [-0.3, -0.25) is 10.1 Å². The third kappa shape index (κ3) is 5.32. The number of hydrogen-bond acceptors (Lipinski definition) is 5. The lowest BCUT2D eigenvalue weighted by Crippen LogP contribution is -2.21. The van der Waals surface area contributed by atoms with Gasteiger partial charge in [-0.15, -0.1) is 0 Å². The highest BCUT2D eigenvalue weighted by Gasteiger charge is 2.09. The van der Waals surface area contributed by atoms with Crippen LogP contribution < -0.4 is 9.47 Å². The summed E-state index contributed by atoms with van der Waals surface area (Å²) in [5, 5.41) is 11.0. The molecule has 0 unspecified atom stereocenters. The van der Waals surface area contributed by atoms with Crippen LogP contribution in [0.25, 0.3) is 6.08 Å². The zero-order valence-electron chi connectivity index (χ0n) is 15.3. The molecule has 0 radical (unpaired) electrons. The van der Waals surface area contributed by atoms with Gasteiger partial charge in [0, 0.05) is 19.2 Å². The van der Waals surface area contributed by atoms with Gasteiger partial charge in [0.25, 0.3) is 5.69 Å². The van der Waals surface area contributed by atoms with E-state index < -0.39 is 0 Å². The molecule has 2 aromatic carbocycles. The van der Waals surface area contributed by atoms with E-state index in [4.69, 9.17) is 9.47 Å². The molecule has 6 heteroatoms. The Balaban J connectivity index is 1.90. The fourth-order valence-electron chi connectivity index (χ4n) is 2.60. The van der Waals surface area contributed by atoms with E-state index in [1.807, 2.05) is 31.3 Å². The number of ether oxygens (including phenoxy) is 2. The van der Waals surface area contributed by atoms with Gasteiger partial charge in [0.05, 0.1) is 24.7 Å². The van der Waals surface area contributed by atoms with Crippen LogP contribution in [0.2, 0.25) is 0 Å². The molecule has 0 aromatic heterocycles. The van der Waals surface area contributed by atoms with Crippen LogP contribution in [0.15, 0.2) is 48.5 Å². The maximum atomic E-state index is 11.0. The monoisotopic (exact) mass is 356 g/mol. The second-order valence-electron chi connectivity index (χ2n) is 5.92. The van der Waals surface area contributed by atoms with E-state index in [9.17, 15) is 10.1 Å². The van der Waals surface area contributed by atoms with Crippen LogP contribution in [-0.4, -0.2) is 44.2 Å². The molecule has 2 rings (SSSR count). The van der Waals surface area contributed by atoms with Gasteiger partial charge in [0.15, 0.2) is 11.5 Å². The fraction of sp³-hybridized carbons (Fsp3) is 0.300. The quantitative estimate of drug-likeness (QED) is 0.505. The minimum absolute atomic E-state index is 0.122. The first-order chi connectivity index (χ1) is 12.5. The molecule has 6 nitrogen and oxygen atoms in total. The fourth-order valence-corrected chi connectivity index (χ4v) is 2.60. The maximum absolute atomic E-state index is 11.0. The van der Waals surface area contributed by atoms with Crippen LogP contribution in [0.5, 0.6) is 11.5 Å². The lowest BCUT2D eigenvalue weighted by atomic mass is 10.1. The summed E-state index contributed by atoms with van der Waals surface area (Å²) in [6.45, 7) is 1.57. The van der Waals surface area contributed by atoms with Crippen LogP contribution in [0.1, 0.15) is 11.1 Å². The molecule has 0 spiro atoms. The van der Waals surface area contributed by atoms with Gasteiger partial charge in [-0.25, -0.2) is 0 Å². The van der Waals surface area contributed by atoms with Crippen molar-refractivity contribution in [3.63, 3.8) is 0 Å². The molecule has 2 aromatic rings. The van der Waals surface area contributed by atoms with Crippen molar-refractivity contribution in [1.29, 1.82) is 0 Å². The number of para-hydroxylation sites is 1. The molecule has 0 saturated carbocycles. The summed E-state index contributed by atoms with van der Waals surface area (Å²) >= 11 is 0. The zero-order valence-corrected chi connectivity index (χ0v) is 15.3. The average molecular weight is 356 g/mol. The Hall–Kier alpha value is -2.86. The van der Waals surface area contributed by atoms with E-state index in [-0.39, 0.29) is 10.6 Å². The predicted octanol–water partition coefficient (Wildman–Crippen LogP) is 3.80. The summed E-state index contributed by atoms with van der Waals surface area (Å²) < 4.78 is 10.6. The van der Waals surface area contributed by atoms with Crippen molar-refractivity contribution in [1.82, 2.24) is 4.90 Å². The van der Waals surface area contributed by atoms with Crippen LogP contribution in [0, 0.1) is 10.1 Å². The summed E-state index contributed by atoms with van der Waals surface area (Å²) in [7, 11) is 5.26. The largest absolute Gasteiger partial charge is 0.493 e. The van der Waals surface area contributed by atoms with Crippen molar-refractivity contribution in [2.75, 3.05) is 34.4 Å². The normalized spacial score (nSPS) is 11.1. The van der Waals surface area contributed by atoms with Crippen molar-refractivity contribution in [2.24, 2.45) is 0 Å². The van der Waals surface area contributed by atoms with Gasteiger partial charge < -0.3 is 14.4 Å². The Labute approximate surface area is 153 Å². The molecule has 0 aliphatic rings. The Morgan fingerprint density at radius 1 is 1.12 bits per heavy atom. The number of nitro benzene ring substituents is 1. The molecule has 26 heavy (non-hydrogen) atoms. The van der Waals surface area contributed by atoms with E-state index in [0.717, 1.165) is 30.0 Å². The highest BCUT2D eigenvalue weighted by atomic mass is 16.6. The summed E-state index contributed by atoms with van der Waals surface area (Å²) in [6.07, 6.45) is 4.61. The van der Waals surface area contributed by atoms with E-state index in [1.165, 1.54) is 6.07 Å². The van der Waals surface area contributed by atoms with Crippen LogP contribution in [0.3, 0.4) is 0 Å². The Morgan fingerprint density at radius 3 is 2.54 bits per heavy atom. The molecule has 0 heterocycles. The topological polar surface area (TPSA) is 64.8 Å². The highest BCUT2D eigenvalue weighted by molar-refractivity contribution is 5.60. The molecular formula is C20H24N2O4. The molecule has 0 atom stereocenters. The molecule has 0 aliphatic heterocycles. The molecule has 0 amide bonds. The first-order valence-corrected chi connectivity index (χ1v) is 8.34. The number of likely N-dealkylation sites (N-methyl/N-ethyl adjacent to an activating group) is 1. The number of hydrogen-bond donors (Lipinski definition) is 0. The SMILES string of the molecule is COc1ccc(CCN(C)CC=Cc2ccccc2[N+](=O)[O-])cc1OC. The lowest BCUT2D eigenvalue weighted by Gasteiger charge is -2.15. The van der Waals surface area contributed by atoms with Crippen molar-refractivity contribution in [3.05, 3.63) is 69.8 Å². The number of benzene rings is 2. The Kier molecular flexibility index (Phi) is 7.17. The molecular weight excluding hydrogens is 332 g/mol. The molecule has 0 fully saturated rings. The minimum atomic E-state index is -0.361. The van der Waals surface area contributed by atoms with E-state index in [1.54, 1.807) is 38.5 Å². The maximum Gasteiger partial charge on any atom is 0.276 e. The molecule has 0 N–H and O–H groups in total. The molecule has 0 aliphatic carbocycles. The van der Waals surface area contributed by atoms with Crippen LogP contribution in [-0.2, 0) is 6.42 Å². The zero-order chi connectivity index (χ0) is 18.9. The summed E-state index contributed by atoms with van der Waals surface area (Å²) in [5.74, 6) is 1.45. The number of rotatable bonds is 9. The first kappa shape index (κ1) is 19.5. The van der Waals surface area contributed by atoms with E-state index in [2.05, 4.69) is 4.90 Å². The highest BCUT2D eigenvalue weighted by Crippen LogP contribution is 2.27. The van der Waals surface area contributed by atoms with Gasteiger partial charge >= 0.3 is 0 Å². The third-order valence-electron chi connectivity index (χ3n) is 4.08. The summed E-state index contributed by atoms with van der Waals surface area (Å²) in [6, 6.07) is 12.6. The predicted molar refractivity (Wildman–Crippen MR) is 103 cm³/mol. The lowest BCUT2D eigenvalue weighted by molar-refractivity contribution is -0.385. The molecule has 0 bridgehead atoms. The van der Waals surface area contributed by atoms with Gasteiger partial charge in [-0.1, -0.05) is 30.4 Å². The number of methoxy groups -OCH3 is 2. The first-order valence-electron chi connectivity index (χ1n) is 8.34. The molecule has 138 valence electrons. The third-order valence-corrected chi connectivity index (χ3v) is 4.08. The smallest absolute Gasteiger partial charge is 0.276 e. The summed E-state index contributed by atoms with van der Waals surface area (Å²) in [4.78, 5) is 12.8. The average Bonchev–Trinajstić information content (AvgIpc) is 2.66. The van der Waals surface area contributed by atoms with Gasteiger partial charge in [-0.2, -0.15) is 0 Å². The van der Waals surface area contributed by atoms with E-state index >= 15 is 0 Å². The minimum Gasteiger partial charge on any atom is -0.493 e. The van der Waals surface area contributed by atoms with Crippen molar-refractivity contribution in [3.8, 4) is 11.5 Å². The van der Waals surface area contributed by atoms with Gasteiger partial charge in [0.2, 0.25) is 0 Å². The van der Waals surface area contributed by atoms with Gasteiger partial charge in [0.1, 0.15) is 0 Å². The standard InChI is InChI=1S/C20H24N2O4/c1-21(13-6-8-17-7-4-5-9-18(17)22(23)24)14-12-16-10-11-19(25-2)20(15-16)26-3/h4-11,15H,12-14H2,1-3H3. The second kappa shape index (κ2) is 9.58. The van der Waals surface area contributed by atoms with Crippen molar-refractivity contribution in [2.45, 2.75) is 6.42 Å². The van der Waals surface area contributed by atoms with Crippen LogP contribution >= 0.6 is 0 Å². The Morgan fingerprint density at radius 2 is 1.85 bits per heavy atom. The Bertz CT molecular complexity index is 774. The van der Waals surface area contributed by atoms with Crippen molar-refractivity contribution >= 4 is 11.8 Å². The number of nitro groups is 1. The van der Waals surface area contributed by atoms with Crippen LogP contribution in [0.4, 0.5) is 5.69 Å². The van der Waals surface area contributed by atoms with Crippen molar-refractivity contribution < 1.29 is 14.4 Å².